The second-order valence-corrected chi connectivity index (χ2v) is 11.2. The lowest BCUT2D eigenvalue weighted by Gasteiger charge is -2.21. The first-order valence-electron chi connectivity index (χ1n) is 13.6. The summed E-state index contributed by atoms with van der Waals surface area (Å²) in [5, 5.41) is 6.33. The fraction of sp³-hybridized carbons (Fsp3) is 0.241. The molecule has 3 heterocycles. The number of carbonyl (C=O) groups is 2. The van der Waals surface area contributed by atoms with Gasteiger partial charge in [0.1, 0.15) is 25.3 Å². The van der Waals surface area contributed by atoms with Gasteiger partial charge in [0.15, 0.2) is 11.0 Å². The maximum absolute atomic E-state index is 15.1. The highest BCUT2D eigenvalue weighted by Crippen LogP contribution is 2.32. The minimum absolute atomic E-state index is 0.00354. The second-order valence-electron chi connectivity index (χ2n) is 10.3. The van der Waals surface area contributed by atoms with E-state index in [-0.39, 0.29) is 44.9 Å². The van der Waals surface area contributed by atoms with Crippen molar-refractivity contribution in [3.05, 3.63) is 88.4 Å². The summed E-state index contributed by atoms with van der Waals surface area (Å²) in [6.07, 6.45) is -7.01. The SMILES string of the molecule is Cc1ccc(COCC(F)(F)F)c(N2C(=O)CSC2=NC(=O)Nc2ccc(-c3ncn(-c4ccn(CC(F)(F)F)c(=O)c4)n3)cc2F)c1. The third kappa shape index (κ3) is 8.45. The van der Waals surface area contributed by atoms with Crippen LogP contribution in [0, 0.1) is 12.7 Å². The summed E-state index contributed by atoms with van der Waals surface area (Å²) < 4.78 is 97.2. The molecule has 1 saturated heterocycles. The molecule has 3 amide bonds. The summed E-state index contributed by atoms with van der Waals surface area (Å²) in [6, 6.07) is 9.35. The van der Waals surface area contributed by atoms with Gasteiger partial charge in [-0.1, -0.05) is 23.9 Å². The second kappa shape index (κ2) is 13.6. The number of hydrogen-bond acceptors (Lipinski definition) is 7. The molecule has 1 aliphatic heterocycles. The number of carbonyl (C=O) groups excluding carboxylic acids is 2. The van der Waals surface area contributed by atoms with E-state index >= 15 is 4.39 Å². The van der Waals surface area contributed by atoms with Gasteiger partial charge in [-0.3, -0.25) is 14.5 Å². The third-order valence-corrected chi connectivity index (χ3v) is 7.45. The first kappa shape index (κ1) is 34.3. The van der Waals surface area contributed by atoms with Gasteiger partial charge in [-0.25, -0.2) is 18.9 Å². The molecule has 2 aromatic carbocycles. The molecule has 0 unspecified atom stereocenters. The number of nitrogens with one attached hydrogen (secondary N) is 1. The molecule has 5 rings (SSSR count). The molecule has 0 spiro atoms. The number of urea groups is 1. The number of rotatable bonds is 8. The molecule has 4 aromatic rings. The quantitative estimate of drug-likeness (QED) is 0.229. The maximum atomic E-state index is 15.1. The van der Waals surface area contributed by atoms with Crippen LogP contribution in [-0.2, 0) is 22.7 Å². The molecule has 0 bridgehead atoms. The number of alkyl halides is 6. The number of thioether (sulfide) groups is 1. The Kier molecular flexibility index (Phi) is 9.71. The van der Waals surface area contributed by atoms with Crippen LogP contribution >= 0.6 is 11.8 Å². The van der Waals surface area contributed by atoms with Crippen LogP contribution in [-0.4, -0.2) is 61.1 Å². The predicted molar refractivity (Wildman–Crippen MR) is 160 cm³/mol. The first-order chi connectivity index (χ1) is 22.6. The minimum atomic E-state index is -4.59. The van der Waals surface area contributed by atoms with Crippen molar-refractivity contribution in [3.63, 3.8) is 0 Å². The fourth-order valence-electron chi connectivity index (χ4n) is 4.43. The Morgan fingerprint density at radius 1 is 1.04 bits per heavy atom. The summed E-state index contributed by atoms with van der Waals surface area (Å²) in [5.41, 5.74) is 0.162. The number of halogens is 7. The zero-order valence-corrected chi connectivity index (χ0v) is 25.3. The number of hydrogen-bond donors (Lipinski definition) is 1. The van der Waals surface area contributed by atoms with Crippen LogP contribution in [0.4, 0.5) is 46.9 Å². The lowest BCUT2D eigenvalue weighted by molar-refractivity contribution is -0.176. The molecule has 1 fully saturated rings. The Morgan fingerprint density at radius 3 is 2.50 bits per heavy atom. The van der Waals surface area contributed by atoms with E-state index in [2.05, 4.69) is 20.4 Å². The van der Waals surface area contributed by atoms with Gasteiger partial charge in [0.05, 0.1) is 29.4 Å². The van der Waals surface area contributed by atoms with E-state index in [9.17, 15) is 40.7 Å². The van der Waals surface area contributed by atoms with E-state index < -0.39 is 55.4 Å². The number of amidine groups is 1. The molecule has 0 atom stereocenters. The van der Waals surface area contributed by atoms with Gasteiger partial charge in [-0.05, 0) is 42.8 Å². The number of nitrogens with zero attached hydrogens (tertiary/aromatic N) is 6. The van der Waals surface area contributed by atoms with Crippen LogP contribution in [0.25, 0.3) is 17.1 Å². The number of aryl methyl sites for hydroxylation is 1. The number of benzene rings is 2. The lowest BCUT2D eigenvalue weighted by atomic mass is 10.1. The van der Waals surface area contributed by atoms with Crippen LogP contribution < -0.4 is 15.8 Å². The topological polar surface area (TPSA) is 124 Å². The van der Waals surface area contributed by atoms with E-state index in [0.29, 0.717) is 10.1 Å². The van der Waals surface area contributed by atoms with Crippen molar-refractivity contribution in [1.82, 2.24) is 19.3 Å². The summed E-state index contributed by atoms with van der Waals surface area (Å²) in [5.74, 6) is -1.52. The normalized spacial score (nSPS) is 14.6. The number of aliphatic imine (C=N–C) groups is 1. The largest absolute Gasteiger partial charge is 0.411 e. The van der Waals surface area contributed by atoms with Crippen molar-refractivity contribution >= 4 is 40.2 Å². The zero-order chi connectivity index (χ0) is 34.8. The van der Waals surface area contributed by atoms with Crippen molar-refractivity contribution in [2.75, 3.05) is 22.6 Å². The molecule has 0 radical (unpaired) electrons. The van der Waals surface area contributed by atoms with Crippen LogP contribution in [0.15, 0.2) is 70.8 Å². The molecular formula is C29H22F7N7O4S. The van der Waals surface area contributed by atoms with Crippen molar-refractivity contribution in [2.24, 2.45) is 4.99 Å². The van der Waals surface area contributed by atoms with Crippen molar-refractivity contribution in [3.8, 4) is 17.1 Å². The van der Waals surface area contributed by atoms with Gasteiger partial charge >= 0.3 is 18.4 Å². The summed E-state index contributed by atoms with van der Waals surface area (Å²) in [6.45, 7) is -1.73. The van der Waals surface area contributed by atoms with Crippen molar-refractivity contribution in [2.45, 2.75) is 32.4 Å². The van der Waals surface area contributed by atoms with Gasteiger partial charge in [-0.2, -0.15) is 31.3 Å². The Morgan fingerprint density at radius 2 is 1.81 bits per heavy atom. The molecule has 1 N–H and O–H groups in total. The van der Waals surface area contributed by atoms with Gasteiger partial charge in [0.25, 0.3) is 5.56 Å². The van der Waals surface area contributed by atoms with E-state index in [0.717, 1.165) is 39.7 Å². The maximum Gasteiger partial charge on any atom is 0.411 e. The number of ether oxygens (including phenoxy) is 1. The smallest absolute Gasteiger partial charge is 0.367 e. The molecule has 1 aliphatic rings. The van der Waals surface area contributed by atoms with E-state index in [1.54, 1.807) is 19.1 Å². The molecule has 19 heteroatoms. The van der Waals surface area contributed by atoms with Gasteiger partial charge in [0.2, 0.25) is 5.91 Å². The standard InChI is InChI=1S/C29H22F7N7O4S/c1-16-2-3-18(11-47-14-29(34,35)36)22(8-16)43-24(45)12-48-27(43)39-26(46)38-21-5-4-17(9-20(21)30)25-37-15-42(40-25)19-6-7-41(23(44)10-19)13-28(31,32)33/h2-10,15H,11-14H2,1H3,(H,38,46). The molecule has 0 aliphatic carbocycles. The summed E-state index contributed by atoms with van der Waals surface area (Å²) in [4.78, 5) is 46.7. The van der Waals surface area contributed by atoms with Gasteiger partial charge < -0.3 is 14.6 Å². The Bertz CT molecular complexity index is 1960. The van der Waals surface area contributed by atoms with Gasteiger partial charge in [0, 0.05) is 23.4 Å². The molecular weight excluding hydrogens is 675 g/mol. The molecule has 0 saturated carbocycles. The number of aromatic nitrogens is 4. The molecule has 11 nitrogen and oxygen atoms in total. The average molecular weight is 698 g/mol. The monoisotopic (exact) mass is 697 g/mol. The average Bonchev–Trinajstić information content (AvgIpc) is 3.62. The molecule has 2 aromatic heterocycles. The van der Waals surface area contributed by atoms with Gasteiger partial charge in [-0.15, -0.1) is 5.10 Å². The highest BCUT2D eigenvalue weighted by molar-refractivity contribution is 8.15. The van der Waals surface area contributed by atoms with Crippen molar-refractivity contribution < 1.29 is 45.1 Å². The third-order valence-electron chi connectivity index (χ3n) is 6.52. The van der Waals surface area contributed by atoms with E-state index in [1.165, 1.54) is 30.6 Å². The highest BCUT2D eigenvalue weighted by atomic mass is 32.2. The van der Waals surface area contributed by atoms with E-state index in [1.807, 2.05) is 0 Å². The van der Waals surface area contributed by atoms with Crippen LogP contribution in [0.3, 0.4) is 0 Å². The van der Waals surface area contributed by atoms with Crippen LogP contribution in [0.2, 0.25) is 0 Å². The number of pyridine rings is 1. The van der Waals surface area contributed by atoms with Crippen molar-refractivity contribution in [1.29, 1.82) is 0 Å². The number of anilines is 2. The Labute approximate surface area is 270 Å². The first-order valence-corrected chi connectivity index (χ1v) is 14.6. The molecule has 48 heavy (non-hydrogen) atoms. The Balaban J connectivity index is 1.30. The fourth-order valence-corrected chi connectivity index (χ4v) is 5.29. The highest BCUT2D eigenvalue weighted by Gasteiger charge is 2.33. The zero-order valence-electron chi connectivity index (χ0n) is 24.5. The summed E-state index contributed by atoms with van der Waals surface area (Å²) >= 11 is 0.904. The summed E-state index contributed by atoms with van der Waals surface area (Å²) in [7, 11) is 0. The molecule has 252 valence electrons. The lowest BCUT2D eigenvalue weighted by Crippen LogP contribution is -2.31. The van der Waals surface area contributed by atoms with E-state index in [4.69, 9.17) is 4.74 Å². The minimum Gasteiger partial charge on any atom is -0.367 e. The van der Waals surface area contributed by atoms with Crippen LogP contribution in [0.1, 0.15) is 11.1 Å². The predicted octanol–water partition coefficient (Wildman–Crippen LogP) is 5.85. The number of amides is 3. The van der Waals surface area contributed by atoms with Crippen LogP contribution in [0.5, 0.6) is 0 Å². The Hall–Kier alpha value is -5.04.